The first-order valence-electron chi connectivity index (χ1n) is 4.77. The van der Waals surface area contributed by atoms with Gasteiger partial charge in [0.1, 0.15) is 6.04 Å². The summed E-state index contributed by atoms with van der Waals surface area (Å²) in [5.41, 5.74) is -0.837. The molecular formula is C10H6F5NO2. The predicted octanol–water partition coefficient (Wildman–Crippen LogP) is 2.52. The molecule has 0 aliphatic carbocycles. The quantitative estimate of drug-likeness (QED) is 0.627. The SMILES string of the molecule is O=C1N[C@@H](c2ccc(F)c(F)c2F)C(F)(F)CO1. The Bertz CT molecular complexity index is 505. The molecule has 0 saturated carbocycles. The minimum absolute atomic E-state index is 0.505. The number of nitrogens with one attached hydrogen (secondary N) is 1. The molecule has 1 saturated heterocycles. The summed E-state index contributed by atoms with van der Waals surface area (Å²) in [5.74, 6) is -8.76. The number of carbonyl (C=O) groups is 1. The summed E-state index contributed by atoms with van der Waals surface area (Å²) < 4.78 is 69.9. The van der Waals surface area contributed by atoms with Crippen molar-refractivity contribution in [3.8, 4) is 0 Å². The zero-order valence-corrected chi connectivity index (χ0v) is 8.65. The van der Waals surface area contributed by atoms with E-state index in [0.717, 1.165) is 0 Å². The van der Waals surface area contributed by atoms with E-state index in [-0.39, 0.29) is 0 Å². The molecule has 1 aromatic rings. The summed E-state index contributed by atoms with van der Waals surface area (Å²) in [6.45, 7) is -1.26. The number of amides is 1. The molecule has 1 atom stereocenters. The van der Waals surface area contributed by atoms with E-state index >= 15 is 0 Å². The maximum absolute atomic E-state index is 13.4. The van der Waals surface area contributed by atoms with Crippen molar-refractivity contribution in [1.29, 1.82) is 0 Å². The van der Waals surface area contributed by atoms with Crippen LogP contribution < -0.4 is 5.32 Å². The van der Waals surface area contributed by atoms with Crippen LogP contribution in [0.3, 0.4) is 0 Å². The van der Waals surface area contributed by atoms with E-state index in [1.807, 2.05) is 0 Å². The molecule has 8 heteroatoms. The van der Waals surface area contributed by atoms with Crippen LogP contribution in [0.5, 0.6) is 0 Å². The average molecular weight is 267 g/mol. The molecule has 1 amide bonds. The first kappa shape index (κ1) is 12.6. The lowest BCUT2D eigenvalue weighted by Gasteiger charge is -2.31. The highest BCUT2D eigenvalue weighted by Crippen LogP contribution is 2.36. The second-order valence-electron chi connectivity index (χ2n) is 3.68. The molecule has 0 aromatic heterocycles. The van der Waals surface area contributed by atoms with E-state index in [0.29, 0.717) is 12.1 Å². The maximum atomic E-state index is 13.4. The monoisotopic (exact) mass is 267 g/mol. The highest BCUT2D eigenvalue weighted by Gasteiger charge is 2.48. The molecular weight excluding hydrogens is 261 g/mol. The molecule has 0 spiro atoms. The van der Waals surface area contributed by atoms with Crippen molar-refractivity contribution in [1.82, 2.24) is 5.32 Å². The molecule has 98 valence electrons. The number of hydrogen-bond donors (Lipinski definition) is 1. The minimum atomic E-state index is -3.63. The molecule has 3 nitrogen and oxygen atoms in total. The van der Waals surface area contributed by atoms with Crippen molar-refractivity contribution in [2.75, 3.05) is 6.61 Å². The van der Waals surface area contributed by atoms with E-state index in [1.165, 1.54) is 0 Å². The second-order valence-corrected chi connectivity index (χ2v) is 3.68. The van der Waals surface area contributed by atoms with E-state index in [4.69, 9.17) is 0 Å². The second kappa shape index (κ2) is 4.11. The Morgan fingerprint density at radius 1 is 1.22 bits per heavy atom. The number of benzene rings is 1. The Kier molecular flexibility index (Phi) is 2.88. The van der Waals surface area contributed by atoms with Gasteiger partial charge in [-0.15, -0.1) is 0 Å². The van der Waals surface area contributed by atoms with E-state index < -0.39 is 47.7 Å². The number of cyclic esters (lactones) is 1. The zero-order chi connectivity index (χ0) is 13.5. The highest BCUT2D eigenvalue weighted by atomic mass is 19.3. The van der Waals surface area contributed by atoms with E-state index in [2.05, 4.69) is 4.74 Å². The Morgan fingerprint density at radius 3 is 2.56 bits per heavy atom. The van der Waals surface area contributed by atoms with Gasteiger partial charge in [-0.3, -0.25) is 0 Å². The third-order valence-corrected chi connectivity index (χ3v) is 2.46. The van der Waals surface area contributed by atoms with Gasteiger partial charge in [-0.05, 0) is 6.07 Å². The lowest BCUT2D eigenvalue weighted by atomic mass is 9.99. The average Bonchev–Trinajstić information content (AvgIpc) is 2.30. The zero-order valence-electron chi connectivity index (χ0n) is 8.65. The molecule has 0 unspecified atom stereocenters. The van der Waals surface area contributed by atoms with Gasteiger partial charge in [-0.2, -0.15) is 0 Å². The number of rotatable bonds is 1. The molecule has 1 aliphatic heterocycles. The highest BCUT2D eigenvalue weighted by molar-refractivity contribution is 5.69. The predicted molar refractivity (Wildman–Crippen MR) is 48.5 cm³/mol. The van der Waals surface area contributed by atoms with E-state index in [9.17, 15) is 26.7 Å². The molecule has 1 aromatic carbocycles. The summed E-state index contributed by atoms with van der Waals surface area (Å²) in [5, 5.41) is 1.67. The summed E-state index contributed by atoms with van der Waals surface area (Å²) in [7, 11) is 0. The first-order valence-corrected chi connectivity index (χ1v) is 4.77. The van der Waals surface area contributed by atoms with Crippen molar-refractivity contribution >= 4 is 6.09 Å². The van der Waals surface area contributed by atoms with Crippen molar-refractivity contribution < 1.29 is 31.5 Å². The van der Waals surface area contributed by atoms with Crippen LogP contribution in [0.4, 0.5) is 26.7 Å². The van der Waals surface area contributed by atoms with Gasteiger partial charge in [0.15, 0.2) is 24.1 Å². The first-order chi connectivity index (χ1) is 8.33. The van der Waals surface area contributed by atoms with Gasteiger partial charge >= 0.3 is 12.0 Å². The van der Waals surface area contributed by atoms with Gasteiger partial charge in [-0.1, -0.05) is 6.07 Å². The van der Waals surface area contributed by atoms with Crippen molar-refractivity contribution in [2.45, 2.75) is 12.0 Å². The fourth-order valence-corrected chi connectivity index (χ4v) is 1.58. The number of alkyl halides is 2. The van der Waals surface area contributed by atoms with Gasteiger partial charge in [0.2, 0.25) is 0 Å². The normalized spacial score (nSPS) is 22.3. The van der Waals surface area contributed by atoms with Gasteiger partial charge in [0, 0.05) is 5.56 Å². The molecule has 1 N–H and O–H groups in total. The topological polar surface area (TPSA) is 38.3 Å². The lowest BCUT2D eigenvalue weighted by Crippen LogP contribution is -2.50. The standard InChI is InChI=1S/C10H6F5NO2/c11-5-2-1-4(6(12)7(5)13)8-10(14,15)3-18-9(17)16-8/h1-2,8H,3H2,(H,16,17)/t8-/m0/s1. The van der Waals surface area contributed by atoms with Gasteiger partial charge in [0.05, 0.1) is 0 Å². The molecule has 1 fully saturated rings. The van der Waals surface area contributed by atoms with E-state index in [1.54, 1.807) is 5.32 Å². The van der Waals surface area contributed by atoms with Crippen LogP contribution in [-0.4, -0.2) is 18.6 Å². The van der Waals surface area contributed by atoms with Gasteiger partial charge < -0.3 is 10.1 Å². The number of ether oxygens (including phenoxy) is 1. The Morgan fingerprint density at radius 2 is 1.89 bits per heavy atom. The third kappa shape index (κ3) is 1.98. The Balaban J connectivity index is 2.47. The smallest absolute Gasteiger partial charge is 0.408 e. The van der Waals surface area contributed by atoms with Gasteiger partial charge in [0.25, 0.3) is 0 Å². The fourth-order valence-electron chi connectivity index (χ4n) is 1.58. The van der Waals surface area contributed by atoms with Crippen LogP contribution in [0, 0.1) is 17.5 Å². The maximum Gasteiger partial charge on any atom is 0.408 e. The van der Waals surface area contributed by atoms with Crippen LogP contribution in [0.1, 0.15) is 11.6 Å². The number of alkyl carbamates (subject to hydrolysis) is 1. The Hall–Kier alpha value is -1.86. The summed E-state index contributed by atoms with van der Waals surface area (Å²) >= 11 is 0. The van der Waals surface area contributed by atoms with Crippen molar-refractivity contribution in [3.63, 3.8) is 0 Å². The van der Waals surface area contributed by atoms with Crippen molar-refractivity contribution in [2.24, 2.45) is 0 Å². The van der Waals surface area contributed by atoms with Crippen LogP contribution in [0.15, 0.2) is 12.1 Å². The van der Waals surface area contributed by atoms with Gasteiger partial charge in [-0.25, -0.2) is 26.7 Å². The molecule has 1 aliphatic rings. The van der Waals surface area contributed by atoms with Crippen molar-refractivity contribution in [3.05, 3.63) is 35.1 Å². The molecule has 1 heterocycles. The Labute approximate surface area is 97.5 Å². The van der Waals surface area contributed by atoms with Crippen LogP contribution in [0.2, 0.25) is 0 Å². The number of halogens is 5. The molecule has 18 heavy (non-hydrogen) atoms. The largest absolute Gasteiger partial charge is 0.443 e. The molecule has 0 bridgehead atoms. The minimum Gasteiger partial charge on any atom is -0.443 e. The third-order valence-electron chi connectivity index (χ3n) is 2.46. The number of hydrogen-bond acceptors (Lipinski definition) is 2. The fraction of sp³-hybridized carbons (Fsp3) is 0.300. The lowest BCUT2D eigenvalue weighted by molar-refractivity contribution is -0.105. The molecule has 2 rings (SSSR count). The molecule has 0 radical (unpaired) electrons. The number of carbonyl (C=O) groups excluding carboxylic acids is 1. The summed E-state index contributed by atoms with van der Waals surface area (Å²) in [6.07, 6.45) is -1.19. The van der Waals surface area contributed by atoms with Crippen LogP contribution in [-0.2, 0) is 4.74 Å². The summed E-state index contributed by atoms with van der Waals surface area (Å²) in [6, 6.07) is -0.947. The van der Waals surface area contributed by atoms with Crippen LogP contribution >= 0.6 is 0 Å². The summed E-state index contributed by atoms with van der Waals surface area (Å²) in [4.78, 5) is 10.8. The van der Waals surface area contributed by atoms with Crippen LogP contribution in [0.25, 0.3) is 0 Å².